The molecule has 2 heterocycles. The molecule has 0 amide bonds. The zero-order valence-corrected chi connectivity index (χ0v) is 18.2. The molecule has 2 N–H and O–H groups in total. The molecule has 7 heteroatoms. The number of rotatable bonds is 5. The number of ether oxygens (including phenoxy) is 2. The lowest BCUT2D eigenvalue weighted by Crippen LogP contribution is -2.24. The number of nitrogens with one attached hydrogen (secondary N) is 2. The van der Waals surface area contributed by atoms with Crippen molar-refractivity contribution in [2.45, 2.75) is 26.7 Å². The molecule has 0 fully saturated rings. The normalized spacial score (nSPS) is 13.2. The van der Waals surface area contributed by atoms with Crippen LogP contribution >= 0.6 is 0 Å². The van der Waals surface area contributed by atoms with Gasteiger partial charge >= 0.3 is 5.69 Å². The summed E-state index contributed by atoms with van der Waals surface area (Å²) >= 11 is 0. The van der Waals surface area contributed by atoms with E-state index in [1.807, 2.05) is 55.6 Å². The molecule has 0 spiro atoms. The number of aromatic nitrogens is 2. The molecular formula is C24H26N4O3. The molecule has 1 aliphatic rings. The first-order valence-electron chi connectivity index (χ1n) is 10.2. The number of allylic oxidation sites excluding steroid dienone is 1. The van der Waals surface area contributed by atoms with Crippen LogP contribution in [0.4, 0.5) is 5.82 Å². The highest BCUT2D eigenvalue weighted by Gasteiger charge is 2.27. The van der Waals surface area contributed by atoms with Crippen LogP contribution in [0.15, 0.2) is 59.0 Å². The summed E-state index contributed by atoms with van der Waals surface area (Å²) in [6.07, 6.45) is 3.22. The van der Waals surface area contributed by atoms with E-state index in [4.69, 9.17) is 14.9 Å². The third-order valence-corrected chi connectivity index (χ3v) is 5.58. The summed E-state index contributed by atoms with van der Waals surface area (Å²) in [5.41, 5.74) is 4.12. The van der Waals surface area contributed by atoms with E-state index >= 15 is 0 Å². The standard InChI is InChI=1S/C24H26N4O3/c1-5-16-13-20(25)22-23(26-14-16)28(18-8-11-21(31-4)15(2)12-18)24(29)27(22)17-6-9-19(30-3)10-7-17/h6-12,14,25-26H,5,13H2,1-4H3. The van der Waals surface area contributed by atoms with Crippen LogP contribution in [-0.4, -0.2) is 29.1 Å². The molecule has 0 saturated heterocycles. The van der Waals surface area contributed by atoms with Crippen molar-refractivity contribution in [3.05, 3.63) is 76.0 Å². The number of anilines is 1. The van der Waals surface area contributed by atoms with E-state index < -0.39 is 0 Å². The molecule has 0 aliphatic carbocycles. The maximum absolute atomic E-state index is 13.7. The van der Waals surface area contributed by atoms with Gasteiger partial charge in [-0.1, -0.05) is 6.92 Å². The van der Waals surface area contributed by atoms with Crippen LogP contribution in [0.5, 0.6) is 11.5 Å². The molecule has 4 rings (SSSR count). The Morgan fingerprint density at radius 1 is 1.03 bits per heavy atom. The van der Waals surface area contributed by atoms with E-state index in [2.05, 4.69) is 12.2 Å². The molecule has 7 nitrogen and oxygen atoms in total. The fraction of sp³-hybridized carbons (Fsp3) is 0.250. The Morgan fingerprint density at radius 3 is 2.35 bits per heavy atom. The molecule has 0 bridgehead atoms. The van der Waals surface area contributed by atoms with E-state index in [0.717, 1.165) is 23.3 Å². The Hall–Kier alpha value is -3.74. The van der Waals surface area contributed by atoms with Crippen molar-refractivity contribution in [3.63, 3.8) is 0 Å². The zero-order valence-electron chi connectivity index (χ0n) is 18.2. The number of nitrogens with zero attached hydrogens (tertiary/aromatic N) is 2. The van der Waals surface area contributed by atoms with Gasteiger partial charge in [-0.2, -0.15) is 0 Å². The fourth-order valence-corrected chi connectivity index (χ4v) is 3.89. The predicted molar refractivity (Wildman–Crippen MR) is 123 cm³/mol. The first kappa shape index (κ1) is 20.5. The summed E-state index contributed by atoms with van der Waals surface area (Å²) in [6, 6.07) is 12.9. The van der Waals surface area contributed by atoms with Gasteiger partial charge < -0.3 is 20.2 Å². The summed E-state index contributed by atoms with van der Waals surface area (Å²) in [6.45, 7) is 4.01. The van der Waals surface area contributed by atoms with E-state index in [9.17, 15) is 4.79 Å². The number of methoxy groups -OCH3 is 2. The maximum Gasteiger partial charge on any atom is 0.339 e. The first-order chi connectivity index (χ1) is 15.0. The van der Waals surface area contributed by atoms with Crippen molar-refractivity contribution in [2.75, 3.05) is 19.5 Å². The molecule has 0 radical (unpaired) electrons. The number of fused-ring (bicyclic) bond motifs is 1. The lowest BCUT2D eigenvalue weighted by atomic mass is 10.1. The summed E-state index contributed by atoms with van der Waals surface area (Å²) in [5, 5.41) is 12.1. The topological polar surface area (TPSA) is 81.3 Å². The van der Waals surface area contributed by atoms with Gasteiger partial charge in [0.2, 0.25) is 0 Å². The van der Waals surface area contributed by atoms with Crippen molar-refractivity contribution < 1.29 is 9.47 Å². The molecule has 160 valence electrons. The second-order valence-electron chi connectivity index (χ2n) is 7.46. The Bertz CT molecular complexity index is 1230. The van der Waals surface area contributed by atoms with E-state index in [1.54, 1.807) is 23.4 Å². The van der Waals surface area contributed by atoms with E-state index in [1.165, 1.54) is 0 Å². The van der Waals surface area contributed by atoms with Crippen LogP contribution < -0.4 is 20.5 Å². The summed E-state index contributed by atoms with van der Waals surface area (Å²) < 4.78 is 13.9. The molecule has 31 heavy (non-hydrogen) atoms. The van der Waals surface area contributed by atoms with Gasteiger partial charge in [-0.25, -0.2) is 9.36 Å². The molecule has 1 aliphatic heterocycles. The van der Waals surface area contributed by atoms with Gasteiger partial charge in [0.05, 0.1) is 31.3 Å². The Labute approximate surface area is 181 Å². The third-order valence-electron chi connectivity index (χ3n) is 5.58. The lowest BCUT2D eigenvalue weighted by molar-refractivity contribution is 0.411. The second kappa shape index (κ2) is 8.18. The zero-order chi connectivity index (χ0) is 22.1. The summed E-state index contributed by atoms with van der Waals surface area (Å²) in [5.74, 6) is 2.04. The lowest BCUT2D eigenvalue weighted by Gasteiger charge is -2.11. The maximum atomic E-state index is 13.7. The first-order valence-corrected chi connectivity index (χ1v) is 10.2. The van der Waals surface area contributed by atoms with Crippen molar-refractivity contribution >= 4 is 11.5 Å². The molecule has 2 aromatic carbocycles. The fourth-order valence-electron chi connectivity index (χ4n) is 3.89. The average molecular weight is 418 g/mol. The largest absolute Gasteiger partial charge is 0.497 e. The van der Waals surface area contributed by atoms with Crippen LogP contribution in [0.25, 0.3) is 11.4 Å². The van der Waals surface area contributed by atoms with Crippen LogP contribution in [0.2, 0.25) is 0 Å². The molecule has 0 saturated carbocycles. The second-order valence-corrected chi connectivity index (χ2v) is 7.46. The number of imidazole rings is 1. The monoisotopic (exact) mass is 418 g/mol. The highest BCUT2D eigenvalue weighted by molar-refractivity contribution is 6.04. The minimum atomic E-state index is -0.245. The predicted octanol–water partition coefficient (Wildman–Crippen LogP) is 4.43. The van der Waals surface area contributed by atoms with Gasteiger partial charge in [0.15, 0.2) is 0 Å². The van der Waals surface area contributed by atoms with Crippen LogP contribution in [0, 0.1) is 12.3 Å². The van der Waals surface area contributed by atoms with Gasteiger partial charge in [-0.05, 0) is 66.9 Å². The number of hydrogen-bond donors (Lipinski definition) is 2. The number of aryl methyl sites for hydroxylation is 1. The summed E-state index contributed by atoms with van der Waals surface area (Å²) in [7, 11) is 3.23. The van der Waals surface area contributed by atoms with Crippen LogP contribution in [0.3, 0.4) is 0 Å². The Morgan fingerprint density at radius 2 is 1.74 bits per heavy atom. The van der Waals surface area contributed by atoms with Crippen LogP contribution in [-0.2, 0) is 0 Å². The molecule has 3 aromatic rings. The SMILES string of the molecule is CCC1=CNc2c(n(-c3ccc(OC)cc3)c(=O)n2-c2ccc(OC)c(C)c2)C(=N)C1. The van der Waals surface area contributed by atoms with Crippen LogP contribution in [0.1, 0.15) is 31.0 Å². The molecule has 0 atom stereocenters. The van der Waals surface area contributed by atoms with E-state index in [-0.39, 0.29) is 5.69 Å². The Balaban J connectivity index is 1.99. The smallest absolute Gasteiger partial charge is 0.339 e. The van der Waals surface area contributed by atoms with Crippen molar-refractivity contribution in [1.29, 1.82) is 5.41 Å². The molecule has 0 unspecified atom stereocenters. The Kier molecular flexibility index (Phi) is 5.42. The molecule has 1 aromatic heterocycles. The quantitative estimate of drug-likeness (QED) is 0.642. The third kappa shape index (κ3) is 3.52. The van der Waals surface area contributed by atoms with Gasteiger partial charge in [-0.15, -0.1) is 0 Å². The minimum Gasteiger partial charge on any atom is -0.497 e. The number of hydrogen-bond acceptors (Lipinski definition) is 5. The van der Waals surface area contributed by atoms with Gasteiger partial charge in [0, 0.05) is 12.6 Å². The van der Waals surface area contributed by atoms with Gasteiger partial charge in [0.1, 0.15) is 23.0 Å². The van der Waals surface area contributed by atoms with Gasteiger partial charge in [-0.3, -0.25) is 4.57 Å². The average Bonchev–Trinajstić information content (AvgIpc) is 2.98. The highest BCUT2D eigenvalue weighted by atomic mass is 16.5. The van der Waals surface area contributed by atoms with Crippen molar-refractivity contribution in [3.8, 4) is 22.9 Å². The van der Waals surface area contributed by atoms with E-state index in [0.29, 0.717) is 40.8 Å². The molecular weight excluding hydrogens is 392 g/mol. The van der Waals surface area contributed by atoms with Crippen molar-refractivity contribution in [1.82, 2.24) is 9.13 Å². The van der Waals surface area contributed by atoms with Crippen molar-refractivity contribution in [2.24, 2.45) is 0 Å². The minimum absolute atomic E-state index is 0.245. The summed E-state index contributed by atoms with van der Waals surface area (Å²) in [4.78, 5) is 13.7. The van der Waals surface area contributed by atoms with Gasteiger partial charge in [0.25, 0.3) is 0 Å². The highest BCUT2D eigenvalue weighted by Crippen LogP contribution is 2.30. The number of benzene rings is 2.